The van der Waals surface area contributed by atoms with Crippen LogP contribution in [0.4, 0.5) is 0 Å². The Balaban J connectivity index is 2.10. The van der Waals surface area contributed by atoms with Crippen LogP contribution >= 0.6 is 15.9 Å². The third-order valence-electron chi connectivity index (χ3n) is 3.25. The molecule has 0 unspecified atom stereocenters. The number of ether oxygens (including phenoxy) is 1. The highest BCUT2D eigenvalue weighted by Gasteiger charge is 2.12. The molecule has 0 bridgehead atoms. The molecule has 0 fully saturated rings. The largest absolute Gasteiger partial charge is 0.503 e. The quantitative estimate of drug-likeness (QED) is 0.748. The minimum absolute atomic E-state index is 0.0143. The van der Waals surface area contributed by atoms with E-state index in [9.17, 15) is 10.2 Å². The monoisotopic (exact) mass is 351 g/mol. The predicted molar refractivity (Wildman–Crippen MR) is 85.5 cm³/mol. The number of methoxy groups -OCH3 is 1. The van der Waals surface area contributed by atoms with Crippen LogP contribution in [0.1, 0.15) is 17.2 Å². The summed E-state index contributed by atoms with van der Waals surface area (Å²) in [5, 5.41) is 22.6. The minimum atomic E-state index is -0.134. The summed E-state index contributed by atoms with van der Waals surface area (Å²) in [6.07, 6.45) is 0. The van der Waals surface area contributed by atoms with Crippen molar-refractivity contribution in [3.8, 4) is 11.5 Å². The number of benzene rings is 2. The summed E-state index contributed by atoms with van der Waals surface area (Å²) in [4.78, 5) is 0. The molecular weight excluding hydrogens is 334 g/mol. The van der Waals surface area contributed by atoms with E-state index in [4.69, 9.17) is 4.74 Å². The normalized spacial score (nSPS) is 12.1. The van der Waals surface area contributed by atoms with Crippen molar-refractivity contribution in [2.75, 3.05) is 13.7 Å². The Morgan fingerprint density at radius 1 is 1.24 bits per heavy atom. The molecule has 0 amide bonds. The maximum absolute atomic E-state index is 9.79. The molecular formula is C16H18BrNO3. The number of nitrogens with one attached hydrogen (secondary N) is 1. The molecule has 0 saturated carbocycles. The van der Waals surface area contributed by atoms with E-state index in [0.29, 0.717) is 16.8 Å². The fourth-order valence-electron chi connectivity index (χ4n) is 2.10. The van der Waals surface area contributed by atoms with Gasteiger partial charge in [0.1, 0.15) is 0 Å². The molecule has 21 heavy (non-hydrogen) atoms. The van der Waals surface area contributed by atoms with Gasteiger partial charge in [-0.15, -0.1) is 0 Å². The van der Waals surface area contributed by atoms with Crippen LogP contribution in [-0.4, -0.2) is 23.9 Å². The summed E-state index contributed by atoms with van der Waals surface area (Å²) < 4.78 is 5.71. The second kappa shape index (κ2) is 7.45. The first-order valence-electron chi connectivity index (χ1n) is 6.60. The second-order valence-corrected chi connectivity index (χ2v) is 5.51. The van der Waals surface area contributed by atoms with E-state index in [2.05, 4.69) is 21.2 Å². The number of halogens is 1. The molecule has 0 heterocycles. The maximum Gasteiger partial charge on any atom is 0.172 e. The van der Waals surface area contributed by atoms with Gasteiger partial charge in [0.05, 0.1) is 24.2 Å². The van der Waals surface area contributed by atoms with Gasteiger partial charge in [-0.1, -0.05) is 30.3 Å². The van der Waals surface area contributed by atoms with Gasteiger partial charge >= 0.3 is 0 Å². The number of phenols is 1. The summed E-state index contributed by atoms with van der Waals surface area (Å²) in [7, 11) is 1.51. The number of aliphatic hydroxyl groups is 1. The fraction of sp³-hybridized carbons (Fsp3) is 0.250. The van der Waals surface area contributed by atoms with E-state index in [1.54, 1.807) is 6.07 Å². The zero-order valence-electron chi connectivity index (χ0n) is 11.7. The molecule has 3 N–H and O–H groups in total. The van der Waals surface area contributed by atoms with Crippen molar-refractivity contribution in [3.63, 3.8) is 0 Å². The van der Waals surface area contributed by atoms with Crippen LogP contribution in [0.2, 0.25) is 0 Å². The first-order valence-corrected chi connectivity index (χ1v) is 7.39. The Hall–Kier alpha value is -1.56. The Morgan fingerprint density at radius 3 is 2.57 bits per heavy atom. The molecule has 0 aliphatic rings. The standard InChI is InChI=1S/C16H18BrNO3/c1-21-15-8-11(7-13(17)16(15)20)9-18-14(10-19)12-5-3-2-4-6-12/h2-8,14,18-20H,9-10H2,1H3/t14-/m0/s1. The number of aliphatic hydroxyl groups excluding tert-OH is 1. The number of hydrogen-bond donors (Lipinski definition) is 3. The van der Waals surface area contributed by atoms with Crippen LogP contribution in [-0.2, 0) is 6.54 Å². The lowest BCUT2D eigenvalue weighted by Crippen LogP contribution is -2.23. The zero-order chi connectivity index (χ0) is 15.2. The molecule has 0 aromatic heterocycles. The summed E-state index contributed by atoms with van der Waals surface area (Å²) in [6.45, 7) is 0.565. The lowest BCUT2D eigenvalue weighted by Gasteiger charge is -2.17. The van der Waals surface area contributed by atoms with E-state index < -0.39 is 0 Å². The lowest BCUT2D eigenvalue weighted by molar-refractivity contribution is 0.243. The smallest absolute Gasteiger partial charge is 0.172 e. The molecule has 0 radical (unpaired) electrons. The zero-order valence-corrected chi connectivity index (χ0v) is 13.3. The van der Waals surface area contributed by atoms with Gasteiger partial charge in [0.2, 0.25) is 0 Å². The third kappa shape index (κ3) is 3.97. The number of hydrogen-bond acceptors (Lipinski definition) is 4. The van der Waals surface area contributed by atoms with Crippen LogP contribution in [0, 0.1) is 0 Å². The van der Waals surface area contributed by atoms with Crippen molar-refractivity contribution in [1.82, 2.24) is 5.32 Å². The van der Waals surface area contributed by atoms with E-state index >= 15 is 0 Å². The van der Waals surface area contributed by atoms with Crippen molar-refractivity contribution >= 4 is 15.9 Å². The van der Waals surface area contributed by atoms with E-state index in [1.165, 1.54) is 7.11 Å². The van der Waals surface area contributed by atoms with Gasteiger partial charge in [-0.3, -0.25) is 0 Å². The van der Waals surface area contributed by atoms with Gasteiger partial charge < -0.3 is 20.3 Å². The van der Waals surface area contributed by atoms with Crippen molar-refractivity contribution in [2.24, 2.45) is 0 Å². The summed E-state index contributed by atoms with van der Waals surface area (Å²) in [5.41, 5.74) is 1.98. The average molecular weight is 352 g/mol. The van der Waals surface area contributed by atoms with Gasteiger partial charge in [-0.05, 0) is 39.2 Å². The maximum atomic E-state index is 9.79. The predicted octanol–water partition coefficient (Wildman–Crippen LogP) is 2.99. The Kier molecular flexibility index (Phi) is 5.61. The van der Waals surface area contributed by atoms with Crippen molar-refractivity contribution in [3.05, 3.63) is 58.1 Å². The van der Waals surface area contributed by atoms with Crippen molar-refractivity contribution < 1.29 is 14.9 Å². The van der Waals surface area contributed by atoms with Gasteiger partial charge in [0.25, 0.3) is 0 Å². The lowest BCUT2D eigenvalue weighted by atomic mass is 10.1. The van der Waals surface area contributed by atoms with E-state index in [0.717, 1.165) is 11.1 Å². The summed E-state index contributed by atoms with van der Waals surface area (Å²) in [5.74, 6) is 0.504. The average Bonchev–Trinajstić information content (AvgIpc) is 2.52. The molecule has 2 rings (SSSR count). The molecule has 1 atom stereocenters. The van der Waals surface area contributed by atoms with E-state index in [1.807, 2.05) is 36.4 Å². The van der Waals surface area contributed by atoms with Crippen LogP contribution in [0.5, 0.6) is 11.5 Å². The van der Waals surface area contributed by atoms with Gasteiger partial charge in [0, 0.05) is 6.54 Å². The van der Waals surface area contributed by atoms with E-state index in [-0.39, 0.29) is 18.4 Å². The van der Waals surface area contributed by atoms with Crippen LogP contribution in [0.25, 0.3) is 0 Å². The summed E-state index contributed by atoms with van der Waals surface area (Å²) in [6, 6.07) is 13.2. The topological polar surface area (TPSA) is 61.7 Å². The molecule has 0 saturated heterocycles. The number of aromatic hydroxyl groups is 1. The molecule has 0 spiro atoms. The molecule has 5 heteroatoms. The second-order valence-electron chi connectivity index (χ2n) is 4.66. The minimum Gasteiger partial charge on any atom is -0.503 e. The molecule has 112 valence electrons. The highest BCUT2D eigenvalue weighted by Crippen LogP contribution is 2.35. The van der Waals surface area contributed by atoms with Crippen LogP contribution in [0.3, 0.4) is 0 Å². The number of rotatable bonds is 6. The molecule has 4 nitrogen and oxygen atoms in total. The van der Waals surface area contributed by atoms with Gasteiger partial charge in [0.15, 0.2) is 11.5 Å². The summed E-state index contributed by atoms with van der Waals surface area (Å²) >= 11 is 3.30. The highest BCUT2D eigenvalue weighted by molar-refractivity contribution is 9.10. The molecule has 2 aromatic carbocycles. The Bertz CT molecular complexity index is 590. The third-order valence-corrected chi connectivity index (χ3v) is 3.85. The molecule has 0 aliphatic heterocycles. The Morgan fingerprint density at radius 2 is 1.95 bits per heavy atom. The van der Waals surface area contributed by atoms with Gasteiger partial charge in [-0.2, -0.15) is 0 Å². The first-order chi connectivity index (χ1) is 10.2. The highest BCUT2D eigenvalue weighted by atomic mass is 79.9. The van der Waals surface area contributed by atoms with Crippen molar-refractivity contribution in [1.29, 1.82) is 0 Å². The van der Waals surface area contributed by atoms with Crippen LogP contribution in [0.15, 0.2) is 46.9 Å². The molecule has 0 aliphatic carbocycles. The van der Waals surface area contributed by atoms with Crippen LogP contribution < -0.4 is 10.1 Å². The Labute approximate surface area is 132 Å². The number of phenolic OH excluding ortho intramolecular Hbond substituents is 1. The molecule has 2 aromatic rings. The first kappa shape index (κ1) is 15.8. The SMILES string of the molecule is COc1cc(CN[C@@H](CO)c2ccccc2)cc(Br)c1O. The van der Waals surface area contributed by atoms with Crippen molar-refractivity contribution in [2.45, 2.75) is 12.6 Å². The van der Waals surface area contributed by atoms with Gasteiger partial charge in [-0.25, -0.2) is 0 Å². The fourth-order valence-corrected chi connectivity index (χ4v) is 2.59.